The molecule has 0 amide bonds. The van der Waals surface area contributed by atoms with E-state index in [1.165, 1.54) is 22.3 Å². The van der Waals surface area contributed by atoms with Crippen molar-refractivity contribution in [2.75, 3.05) is 5.33 Å². The fourth-order valence-electron chi connectivity index (χ4n) is 2.51. The number of halogens is 2. The zero-order chi connectivity index (χ0) is 14.5. The van der Waals surface area contributed by atoms with Crippen molar-refractivity contribution in [3.63, 3.8) is 0 Å². The van der Waals surface area contributed by atoms with Crippen molar-refractivity contribution in [2.45, 2.75) is 26.7 Å². The lowest BCUT2D eigenvalue weighted by Crippen LogP contribution is -2.11. The van der Waals surface area contributed by atoms with Crippen LogP contribution in [0.4, 0.5) is 0 Å². The van der Waals surface area contributed by atoms with Crippen LogP contribution in [0.15, 0.2) is 46.9 Å². The van der Waals surface area contributed by atoms with Crippen LogP contribution in [-0.2, 0) is 12.8 Å². The van der Waals surface area contributed by atoms with E-state index in [1.54, 1.807) is 0 Å². The first-order valence-corrected chi connectivity index (χ1v) is 8.86. The predicted molar refractivity (Wildman–Crippen MR) is 94.8 cm³/mol. The molecule has 1 atom stereocenters. The van der Waals surface area contributed by atoms with Gasteiger partial charge in [-0.25, -0.2) is 0 Å². The molecule has 0 bridgehead atoms. The molecular formula is C18H20Br2. The Labute approximate surface area is 138 Å². The van der Waals surface area contributed by atoms with E-state index in [9.17, 15) is 0 Å². The maximum Gasteiger partial charge on any atom is 0.0177 e. The summed E-state index contributed by atoms with van der Waals surface area (Å²) in [5, 5.41) is 1.03. The molecule has 106 valence electrons. The Morgan fingerprint density at radius 3 is 2.50 bits per heavy atom. The Kier molecular flexibility index (Phi) is 5.86. The molecule has 0 N–H and O–H groups in total. The van der Waals surface area contributed by atoms with Gasteiger partial charge in [0.25, 0.3) is 0 Å². The summed E-state index contributed by atoms with van der Waals surface area (Å²) in [4.78, 5) is 0. The van der Waals surface area contributed by atoms with E-state index in [4.69, 9.17) is 0 Å². The predicted octanol–water partition coefficient (Wildman–Crippen LogP) is 5.86. The summed E-state index contributed by atoms with van der Waals surface area (Å²) in [6.07, 6.45) is 2.24. The van der Waals surface area contributed by atoms with Crippen molar-refractivity contribution in [2.24, 2.45) is 5.92 Å². The zero-order valence-corrected chi connectivity index (χ0v) is 15.2. The summed E-state index contributed by atoms with van der Waals surface area (Å²) in [6, 6.07) is 15.4. The number of rotatable bonds is 5. The average Bonchev–Trinajstić information content (AvgIpc) is 2.42. The Bertz CT molecular complexity index is 575. The SMILES string of the molecule is Cc1ccc(C)c(CC(CBr)Cc2cccc(Br)c2)c1. The van der Waals surface area contributed by atoms with Crippen molar-refractivity contribution in [3.05, 3.63) is 69.2 Å². The molecule has 0 aliphatic carbocycles. The minimum atomic E-state index is 0.629. The van der Waals surface area contributed by atoms with Crippen LogP contribution in [0.1, 0.15) is 22.3 Å². The highest BCUT2D eigenvalue weighted by Gasteiger charge is 2.11. The molecule has 1 unspecified atom stereocenters. The van der Waals surface area contributed by atoms with Gasteiger partial charge >= 0.3 is 0 Å². The van der Waals surface area contributed by atoms with Gasteiger partial charge in [-0.3, -0.25) is 0 Å². The van der Waals surface area contributed by atoms with Crippen LogP contribution in [0.2, 0.25) is 0 Å². The van der Waals surface area contributed by atoms with Crippen LogP contribution < -0.4 is 0 Å². The summed E-state index contributed by atoms with van der Waals surface area (Å²) < 4.78 is 1.16. The van der Waals surface area contributed by atoms with Gasteiger partial charge in [0.05, 0.1) is 0 Å². The van der Waals surface area contributed by atoms with E-state index in [-0.39, 0.29) is 0 Å². The van der Waals surface area contributed by atoms with Gasteiger partial charge in [0.2, 0.25) is 0 Å². The standard InChI is InChI=1S/C18H20Br2/c1-13-6-7-14(2)17(8-13)10-16(12-19)9-15-4-3-5-18(20)11-15/h3-8,11,16H,9-10,12H2,1-2H3. The molecule has 0 spiro atoms. The first-order valence-electron chi connectivity index (χ1n) is 6.95. The van der Waals surface area contributed by atoms with Crippen molar-refractivity contribution in [3.8, 4) is 0 Å². The fourth-order valence-corrected chi connectivity index (χ4v) is 3.41. The molecule has 0 aromatic heterocycles. The summed E-state index contributed by atoms with van der Waals surface area (Å²) in [5.41, 5.74) is 5.62. The van der Waals surface area contributed by atoms with E-state index >= 15 is 0 Å². The van der Waals surface area contributed by atoms with Gasteiger partial charge in [-0.15, -0.1) is 0 Å². The minimum Gasteiger partial charge on any atom is -0.0925 e. The van der Waals surface area contributed by atoms with E-state index in [0.29, 0.717) is 5.92 Å². The summed E-state index contributed by atoms with van der Waals surface area (Å²) >= 11 is 7.23. The second-order valence-electron chi connectivity index (χ2n) is 5.49. The third-order valence-electron chi connectivity index (χ3n) is 3.64. The zero-order valence-electron chi connectivity index (χ0n) is 12.0. The van der Waals surface area contributed by atoms with Gasteiger partial charge < -0.3 is 0 Å². The van der Waals surface area contributed by atoms with Crippen LogP contribution in [-0.4, -0.2) is 5.33 Å². The van der Waals surface area contributed by atoms with Crippen molar-refractivity contribution < 1.29 is 0 Å². The highest BCUT2D eigenvalue weighted by atomic mass is 79.9. The van der Waals surface area contributed by atoms with Crippen molar-refractivity contribution in [1.29, 1.82) is 0 Å². The fraction of sp³-hybridized carbons (Fsp3) is 0.333. The molecule has 0 fully saturated rings. The largest absolute Gasteiger partial charge is 0.0925 e. The van der Waals surface area contributed by atoms with Gasteiger partial charge in [0.15, 0.2) is 0 Å². The molecule has 0 aliphatic heterocycles. The van der Waals surface area contributed by atoms with Crippen LogP contribution in [0.25, 0.3) is 0 Å². The number of aryl methyl sites for hydroxylation is 2. The van der Waals surface area contributed by atoms with E-state index in [0.717, 1.165) is 22.6 Å². The maximum absolute atomic E-state index is 3.68. The quantitative estimate of drug-likeness (QED) is 0.556. The monoisotopic (exact) mass is 394 g/mol. The summed E-state index contributed by atoms with van der Waals surface area (Å²) in [7, 11) is 0. The van der Waals surface area contributed by atoms with Crippen LogP contribution >= 0.6 is 31.9 Å². The molecule has 20 heavy (non-hydrogen) atoms. The Morgan fingerprint density at radius 1 is 1.00 bits per heavy atom. The van der Waals surface area contributed by atoms with Crippen LogP contribution in [0.3, 0.4) is 0 Å². The normalized spacial score (nSPS) is 12.4. The molecule has 2 heteroatoms. The molecule has 2 aromatic carbocycles. The lowest BCUT2D eigenvalue weighted by atomic mass is 9.91. The van der Waals surface area contributed by atoms with Crippen molar-refractivity contribution >= 4 is 31.9 Å². The smallest absolute Gasteiger partial charge is 0.0177 e. The lowest BCUT2D eigenvalue weighted by Gasteiger charge is -2.16. The van der Waals surface area contributed by atoms with Crippen molar-refractivity contribution in [1.82, 2.24) is 0 Å². The van der Waals surface area contributed by atoms with E-state index in [2.05, 4.69) is 88.2 Å². The summed E-state index contributed by atoms with van der Waals surface area (Å²) in [5.74, 6) is 0.629. The highest BCUT2D eigenvalue weighted by molar-refractivity contribution is 9.10. The minimum absolute atomic E-state index is 0.629. The second kappa shape index (κ2) is 7.42. The first kappa shape index (κ1) is 15.8. The van der Waals surface area contributed by atoms with Gasteiger partial charge in [0, 0.05) is 9.80 Å². The molecule has 2 rings (SSSR count). The second-order valence-corrected chi connectivity index (χ2v) is 7.05. The molecule has 0 aliphatic rings. The number of hydrogen-bond donors (Lipinski definition) is 0. The third-order valence-corrected chi connectivity index (χ3v) is 5.05. The molecule has 2 aromatic rings. The molecule has 0 saturated carbocycles. The third kappa shape index (κ3) is 4.46. The highest BCUT2D eigenvalue weighted by Crippen LogP contribution is 2.21. The topological polar surface area (TPSA) is 0 Å². The van der Waals surface area contributed by atoms with Crippen LogP contribution in [0, 0.1) is 19.8 Å². The molecule has 0 heterocycles. The number of benzene rings is 2. The van der Waals surface area contributed by atoms with E-state index in [1.807, 2.05) is 0 Å². The number of alkyl halides is 1. The lowest BCUT2D eigenvalue weighted by molar-refractivity contribution is 0.589. The Morgan fingerprint density at radius 2 is 1.80 bits per heavy atom. The average molecular weight is 396 g/mol. The van der Waals surface area contributed by atoms with E-state index < -0.39 is 0 Å². The Balaban J connectivity index is 2.11. The van der Waals surface area contributed by atoms with Gasteiger partial charge in [0.1, 0.15) is 0 Å². The summed E-state index contributed by atoms with van der Waals surface area (Å²) in [6.45, 7) is 4.37. The van der Waals surface area contributed by atoms with Gasteiger partial charge in [-0.1, -0.05) is 67.8 Å². The maximum atomic E-state index is 3.68. The molecule has 0 saturated heterocycles. The van der Waals surface area contributed by atoms with Crippen LogP contribution in [0.5, 0.6) is 0 Å². The van der Waals surface area contributed by atoms with Gasteiger partial charge in [-0.05, 0) is 61.4 Å². The van der Waals surface area contributed by atoms with Gasteiger partial charge in [-0.2, -0.15) is 0 Å². The Hall–Kier alpha value is -0.600. The molecular weight excluding hydrogens is 376 g/mol. The number of hydrogen-bond acceptors (Lipinski definition) is 0. The first-order chi connectivity index (χ1) is 9.58. The molecule has 0 radical (unpaired) electrons. The molecule has 0 nitrogen and oxygen atoms in total.